The number of hydrogen-bond acceptors (Lipinski definition) is 2. The second-order valence-corrected chi connectivity index (χ2v) is 5.06. The molecule has 1 aliphatic rings. The maximum absolute atomic E-state index is 12.3. The Morgan fingerprint density at radius 1 is 1.59 bits per heavy atom. The Bertz CT molecular complexity index is 409. The van der Waals surface area contributed by atoms with Gasteiger partial charge in [-0.3, -0.25) is 4.79 Å². The number of amides is 1. The minimum atomic E-state index is -0.724. The van der Waals surface area contributed by atoms with Crippen molar-refractivity contribution >= 4 is 5.91 Å². The second kappa shape index (κ2) is 4.53. The molecule has 2 heterocycles. The van der Waals surface area contributed by atoms with Crippen molar-refractivity contribution in [2.75, 3.05) is 13.1 Å². The molecule has 1 aliphatic heterocycles. The quantitative estimate of drug-likeness (QED) is 0.864. The van der Waals surface area contributed by atoms with E-state index in [0.717, 1.165) is 18.7 Å². The Morgan fingerprint density at radius 2 is 2.35 bits per heavy atom. The molecule has 1 unspecified atom stereocenters. The molecule has 0 radical (unpaired) electrons. The lowest BCUT2D eigenvalue weighted by Crippen LogP contribution is -2.34. The number of aryl methyl sites for hydroxylation is 1. The SMILES string of the molecule is CCCn1cccc1C(=O)N1CCC(C)(O)C1. The van der Waals surface area contributed by atoms with Crippen molar-refractivity contribution in [2.45, 2.75) is 38.8 Å². The number of carbonyl (C=O) groups is 1. The van der Waals surface area contributed by atoms with Gasteiger partial charge in [0.1, 0.15) is 5.69 Å². The summed E-state index contributed by atoms with van der Waals surface area (Å²) in [5, 5.41) is 9.88. The molecule has 1 aromatic heterocycles. The molecule has 0 spiro atoms. The van der Waals surface area contributed by atoms with Gasteiger partial charge < -0.3 is 14.6 Å². The molecule has 1 N–H and O–H groups in total. The van der Waals surface area contributed by atoms with E-state index in [-0.39, 0.29) is 5.91 Å². The Kier molecular flexibility index (Phi) is 3.24. The monoisotopic (exact) mass is 236 g/mol. The van der Waals surface area contributed by atoms with Gasteiger partial charge in [0.25, 0.3) is 5.91 Å². The fraction of sp³-hybridized carbons (Fsp3) is 0.615. The van der Waals surface area contributed by atoms with E-state index in [1.165, 1.54) is 0 Å². The van der Waals surface area contributed by atoms with Crippen LogP contribution < -0.4 is 0 Å². The summed E-state index contributed by atoms with van der Waals surface area (Å²) in [5.74, 6) is 0.0289. The predicted molar refractivity (Wildman–Crippen MR) is 65.9 cm³/mol. The normalized spacial score (nSPS) is 24.3. The highest BCUT2D eigenvalue weighted by Crippen LogP contribution is 2.22. The first-order chi connectivity index (χ1) is 8.03. The largest absolute Gasteiger partial charge is 0.388 e. The van der Waals surface area contributed by atoms with Gasteiger partial charge >= 0.3 is 0 Å². The number of likely N-dealkylation sites (tertiary alicyclic amines) is 1. The Balaban J connectivity index is 2.12. The summed E-state index contributed by atoms with van der Waals surface area (Å²) in [5.41, 5.74) is 0.00207. The fourth-order valence-corrected chi connectivity index (χ4v) is 2.32. The van der Waals surface area contributed by atoms with Crippen LogP contribution in [0, 0.1) is 0 Å². The summed E-state index contributed by atoms with van der Waals surface area (Å²) >= 11 is 0. The molecule has 2 rings (SSSR count). The van der Waals surface area contributed by atoms with E-state index in [2.05, 4.69) is 6.92 Å². The summed E-state index contributed by atoms with van der Waals surface area (Å²) in [4.78, 5) is 14.0. The van der Waals surface area contributed by atoms with Gasteiger partial charge in [0.05, 0.1) is 5.60 Å². The van der Waals surface area contributed by atoms with Crippen LogP contribution in [0.2, 0.25) is 0 Å². The van der Waals surface area contributed by atoms with Gasteiger partial charge in [-0.25, -0.2) is 0 Å². The van der Waals surface area contributed by atoms with Crippen LogP contribution in [-0.2, 0) is 6.54 Å². The molecule has 0 bridgehead atoms. The van der Waals surface area contributed by atoms with Gasteiger partial charge in [-0.05, 0) is 31.9 Å². The molecule has 0 aromatic carbocycles. The summed E-state index contributed by atoms with van der Waals surface area (Å²) in [6.07, 6.45) is 3.60. The van der Waals surface area contributed by atoms with Crippen molar-refractivity contribution in [3.05, 3.63) is 24.0 Å². The van der Waals surface area contributed by atoms with Crippen LogP contribution >= 0.6 is 0 Å². The molecule has 1 aromatic rings. The Labute approximate surface area is 102 Å². The average Bonchev–Trinajstić information content (AvgIpc) is 2.84. The number of β-amino-alcohol motifs (C(OH)–C–C–N with tert-alkyl or cyclic N) is 1. The molecule has 1 atom stereocenters. The zero-order valence-electron chi connectivity index (χ0n) is 10.5. The third kappa shape index (κ3) is 2.52. The number of carbonyl (C=O) groups excluding carboxylic acids is 1. The molecule has 1 fully saturated rings. The molecule has 94 valence electrons. The van der Waals surface area contributed by atoms with Crippen LogP contribution in [0.25, 0.3) is 0 Å². The number of nitrogens with zero attached hydrogens (tertiary/aromatic N) is 2. The van der Waals surface area contributed by atoms with Gasteiger partial charge in [0, 0.05) is 25.8 Å². The Morgan fingerprint density at radius 3 is 2.94 bits per heavy atom. The van der Waals surface area contributed by atoms with E-state index in [9.17, 15) is 9.90 Å². The number of aliphatic hydroxyl groups is 1. The lowest BCUT2D eigenvalue weighted by molar-refractivity contribution is 0.0566. The van der Waals surface area contributed by atoms with Crippen LogP contribution in [0.4, 0.5) is 0 Å². The molecule has 1 saturated heterocycles. The maximum Gasteiger partial charge on any atom is 0.270 e. The third-order valence-corrected chi connectivity index (χ3v) is 3.25. The van der Waals surface area contributed by atoms with Crippen LogP contribution in [0.15, 0.2) is 18.3 Å². The van der Waals surface area contributed by atoms with Gasteiger partial charge in [-0.2, -0.15) is 0 Å². The minimum Gasteiger partial charge on any atom is -0.388 e. The fourth-order valence-electron chi connectivity index (χ4n) is 2.32. The van der Waals surface area contributed by atoms with Gasteiger partial charge in [-0.1, -0.05) is 6.92 Å². The smallest absolute Gasteiger partial charge is 0.270 e. The minimum absolute atomic E-state index is 0.0289. The highest BCUT2D eigenvalue weighted by atomic mass is 16.3. The first-order valence-electron chi connectivity index (χ1n) is 6.20. The second-order valence-electron chi connectivity index (χ2n) is 5.06. The van der Waals surface area contributed by atoms with Gasteiger partial charge in [0.2, 0.25) is 0 Å². The van der Waals surface area contributed by atoms with Gasteiger partial charge in [0.15, 0.2) is 0 Å². The molecule has 0 aliphatic carbocycles. The number of rotatable bonds is 3. The highest BCUT2D eigenvalue weighted by Gasteiger charge is 2.34. The lowest BCUT2D eigenvalue weighted by atomic mass is 10.1. The average molecular weight is 236 g/mol. The van der Waals surface area contributed by atoms with Crippen LogP contribution in [0.3, 0.4) is 0 Å². The van der Waals surface area contributed by atoms with E-state index in [4.69, 9.17) is 0 Å². The topological polar surface area (TPSA) is 45.5 Å². The Hall–Kier alpha value is -1.29. The van der Waals surface area contributed by atoms with Crippen molar-refractivity contribution in [3.63, 3.8) is 0 Å². The van der Waals surface area contributed by atoms with E-state index in [0.29, 0.717) is 19.5 Å². The number of hydrogen-bond donors (Lipinski definition) is 1. The molecule has 0 saturated carbocycles. The predicted octanol–water partition coefficient (Wildman–Crippen LogP) is 1.49. The van der Waals surface area contributed by atoms with Crippen molar-refractivity contribution < 1.29 is 9.90 Å². The zero-order chi connectivity index (χ0) is 12.5. The molecule has 17 heavy (non-hydrogen) atoms. The van der Waals surface area contributed by atoms with Gasteiger partial charge in [-0.15, -0.1) is 0 Å². The van der Waals surface area contributed by atoms with Crippen molar-refractivity contribution in [1.82, 2.24) is 9.47 Å². The molecule has 4 nitrogen and oxygen atoms in total. The lowest BCUT2D eigenvalue weighted by Gasteiger charge is -2.19. The standard InChI is InChI=1S/C13H20N2O2/c1-3-7-14-8-4-5-11(14)12(16)15-9-6-13(2,17)10-15/h4-5,8,17H,3,6-7,9-10H2,1-2H3. The van der Waals surface area contributed by atoms with Crippen molar-refractivity contribution in [1.29, 1.82) is 0 Å². The molecular weight excluding hydrogens is 216 g/mol. The summed E-state index contributed by atoms with van der Waals surface area (Å²) in [6.45, 7) is 5.81. The molecule has 4 heteroatoms. The number of aromatic nitrogens is 1. The van der Waals surface area contributed by atoms with E-state index < -0.39 is 5.60 Å². The summed E-state index contributed by atoms with van der Waals surface area (Å²) in [6, 6.07) is 3.75. The zero-order valence-corrected chi connectivity index (χ0v) is 10.5. The summed E-state index contributed by atoms with van der Waals surface area (Å²) in [7, 11) is 0. The summed E-state index contributed by atoms with van der Waals surface area (Å²) < 4.78 is 1.98. The van der Waals surface area contributed by atoms with Crippen LogP contribution in [0.5, 0.6) is 0 Å². The van der Waals surface area contributed by atoms with E-state index >= 15 is 0 Å². The maximum atomic E-state index is 12.3. The molecular formula is C13H20N2O2. The van der Waals surface area contributed by atoms with E-state index in [1.54, 1.807) is 11.8 Å². The van der Waals surface area contributed by atoms with Crippen LogP contribution in [0.1, 0.15) is 37.2 Å². The van der Waals surface area contributed by atoms with Crippen molar-refractivity contribution in [3.8, 4) is 0 Å². The van der Waals surface area contributed by atoms with E-state index in [1.807, 2.05) is 22.9 Å². The van der Waals surface area contributed by atoms with Crippen molar-refractivity contribution in [2.24, 2.45) is 0 Å². The highest BCUT2D eigenvalue weighted by molar-refractivity contribution is 5.93. The van der Waals surface area contributed by atoms with Crippen LogP contribution in [-0.4, -0.2) is 39.2 Å². The third-order valence-electron chi connectivity index (χ3n) is 3.25. The first kappa shape index (κ1) is 12.2. The molecule has 1 amide bonds. The first-order valence-corrected chi connectivity index (χ1v) is 6.20.